The Hall–Kier alpha value is -1.83. The van der Waals surface area contributed by atoms with E-state index in [0.717, 1.165) is 24.5 Å². The van der Waals surface area contributed by atoms with E-state index >= 15 is 0 Å². The molecule has 2 saturated heterocycles. The van der Waals surface area contributed by atoms with E-state index in [1.54, 1.807) is 18.1 Å². The maximum atomic E-state index is 13.0. The van der Waals surface area contributed by atoms with Crippen molar-refractivity contribution in [1.29, 1.82) is 0 Å². The third-order valence-electron chi connectivity index (χ3n) is 4.66. The number of rotatable bonds is 4. The van der Waals surface area contributed by atoms with Gasteiger partial charge < -0.3 is 29.1 Å². The monoisotopic (exact) mass is 350 g/mol. The normalized spacial score (nSPS) is 21.8. The molecule has 2 aliphatic heterocycles. The Morgan fingerprint density at radius 3 is 2.72 bits per heavy atom. The molecule has 0 aliphatic carbocycles. The number of morpholine rings is 1. The Morgan fingerprint density at radius 1 is 1.24 bits per heavy atom. The average Bonchev–Trinajstić information content (AvgIpc) is 2.93. The van der Waals surface area contributed by atoms with Crippen LogP contribution in [0.25, 0.3) is 0 Å². The lowest BCUT2D eigenvalue weighted by molar-refractivity contribution is 0.0728. The lowest BCUT2D eigenvalue weighted by Gasteiger charge is -2.30. The summed E-state index contributed by atoms with van der Waals surface area (Å²) in [5.41, 5.74) is 1.54. The van der Waals surface area contributed by atoms with Crippen LogP contribution in [0.2, 0.25) is 0 Å². The number of hydrogen-bond donors (Lipinski definition) is 1. The molecule has 1 aromatic carbocycles. The molecule has 0 saturated carbocycles. The van der Waals surface area contributed by atoms with Gasteiger partial charge in [-0.3, -0.25) is 4.79 Å². The summed E-state index contributed by atoms with van der Waals surface area (Å²) in [7, 11) is 1.64. The van der Waals surface area contributed by atoms with E-state index < -0.39 is 0 Å². The van der Waals surface area contributed by atoms with E-state index in [1.165, 1.54) is 0 Å². The molecule has 2 fully saturated rings. The summed E-state index contributed by atoms with van der Waals surface area (Å²) in [5.74, 6) is 0.676. The summed E-state index contributed by atoms with van der Waals surface area (Å²) >= 11 is 0. The van der Waals surface area contributed by atoms with Crippen molar-refractivity contribution in [1.82, 2.24) is 4.90 Å². The molecule has 0 bridgehead atoms. The zero-order chi connectivity index (χ0) is 17.6. The number of carbonyl (C=O) groups excluding carboxylic acids is 1. The fourth-order valence-corrected chi connectivity index (χ4v) is 3.23. The van der Waals surface area contributed by atoms with Gasteiger partial charge in [-0.15, -0.1) is 0 Å². The van der Waals surface area contributed by atoms with Crippen LogP contribution in [0.15, 0.2) is 18.2 Å². The first-order valence-electron chi connectivity index (χ1n) is 8.71. The van der Waals surface area contributed by atoms with Crippen molar-refractivity contribution in [2.24, 2.45) is 5.92 Å². The van der Waals surface area contributed by atoms with Gasteiger partial charge in [0.05, 0.1) is 39.2 Å². The molecule has 7 nitrogen and oxygen atoms in total. The van der Waals surface area contributed by atoms with E-state index in [4.69, 9.17) is 14.2 Å². The Labute approximate surface area is 148 Å². The number of methoxy groups -OCH3 is 1. The number of aliphatic hydroxyl groups excluding tert-OH is 1. The van der Waals surface area contributed by atoms with Crippen LogP contribution < -0.4 is 9.64 Å². The Balaban J connectivity index is 1.82. The summed E-state index contributed by atoms with van der Waals surface area (Å²) in [6, 6.07) is 5.53. The molecule has 0 unspecified atom stereocenters. The van der Waals surface area contributed by atoms with E-state index in [0.29, 0.717) is 45.1 Å². The zero-order valence-corrected chi connectivity index (χ0v) is 14.6. The minimum absolute atomic E-state index is 0.0193. The van der Waals surface area contributed by atoms with Crippen LogP contribution in [0, 0.1) is 5.92 Å². The van der Waals surface area contributed by atoms with Gasteiger partial charge >= 0.3 is 0 Å². The van der Waals surface area contributed by atoms with Crippen molar-refractivity contribution in [3.63, 3.8) is 0 Å². The highest BCUT2D eigenvalue weighted by Gasteiger charge is 2.24. The summed E-state index contributed by atoms with van der Waals surface area (Å²) in [6.45, 7) is 4.94. The van der Waals surface area contributed by atoms with Gasteiger partial charge in [-0.05, 0) is 18.2 Å². The molecule has 1 amide bonds. The quantitative estimate of drug-likeness (QED) is 0.858. The summed E-state index contributed by atoms with van der Waals surface area (Å²) < 4.78 is 16.4. The summed E-state index contributed by atoms with van der Waals surface area (Å²) in [6.07, 6.45) is 0. The minimum atomic E-state index is -0.0406. The first kappa shape index (κ1) is 18.0. The molecule has 1 N–H and O–H groups in total. The van der Waals surface area contributed by atoms with Crippen LogP contribution in [0.4, 0.5) is 5.69 Å². The van der Waals surface area contributed by atoms with Crippen molar-refractivity contribution in [3.05, 3.63) is 23.8 Å². The molecular formula is C18H26N2O5. The second-order valence-corrected chi connectivity index (χ2v) is 6.36. The molecule has 1 aromatic rings. The van der Waals surface area contributed by atoms with Crippen LogP contribution in [0.3, 0.4) is 0 Å². The van der Waals surface area contributed by atoms with Crippen molar-refractivity contribution in [3.8, 4) is 5.75 Å². The zero-order valence-electron chi connectivity index (χ0n) is 14.6. The van der Waals surface area contributed by atoms with Crippen molar-refractivity contribution in [2.75, 3.05) is 71.2 Å². The topological polar surface area (TPSA) is 71.5 Å². The van der Waals surface area contributed by atoms with Gasteiger partial charge in [-0.2, -0.15) is 0 Å². The molecule has 0 radical (unpaired) electrons. The first-order valence-corrected chi connectivity index (χ1v) is 8.71. The van der Waals surface area contributed by atoms with E-state index in [1.807, 2.05) is 12.1 Å². The van der Waals surface area contributed by atoms with Crippen molar-refractivity contribution in [2.45, 2.75) is 0 Å². The lowest BCUT2D eigenvalue weighted by Crippen LogP contribution is -2.38. The van der Waals surface area contributed by atoms with Crippen LogP contribution in [-0.4, -0.2) is 82.2 Å². The van der Waals surface area contributed by atoms with E-state index in [9.17, 15) is 9.90 Å². The van der Waals surface area contributed by atoms with E-state index in [2.05, 4.69) is 4.90 Å². The fourth-order valence-electron chi connectivity index (χ4n) is 3.23. The molecule has 2 aliphatic rings. The Kier molecular flexibility index (Phi) is 6.12. The third-order valence-corrected chi connectivity index (χ3v) is 4.66. The highest BCUT2D eigenvalue weighted by atomic mass is 16.5. The number of aliphatic hydroxyl groups is 1. The van der Waals surface area contributed by atoms with Gasteiger partial charge in [0.2, 0.25) is 0 Å². The number of hydrogen-bond acceptors (Lipinski definition) is 6. The predicted octanol–water partition coefficient (Wildman–Crippen LogP) is 0.613. The van der Waals surface area contributed by atoms with Crippen LogP contribution in [0.1, 0.15) is 10.4 Å². The number of ether oxygens (including phenoxy) is 3. The number of nitrogens with zero attached hydrogens (tertiary/aromatic N) is 2. The molecule has 0 aromatic heterocycles. The highest BCUT2D eigenvalue weighted by Crippen LogP contribution is 2.30. The highest BCUT2D eigenvalue weighted by molar-refractivity contribution is 5.95. The minimum Gasteiger partial charge on any atom is -0.495 e. The molecule has 1 atom stereocenters. The second kappa shape index (κ2) is 8.51. The number of amides is 1. The standard InChI is InChI=1S/C18H26N2O5/c1-23-17-3-2-15(10-16(17)19-4-7-24-8-5-19)18(22)20-6-9-25-13-14(11-20)12-21/h2-3,10,14,21H,4-9,11-13H2,1H3/t14-/m1/s1. The second-order valence-electron chi connectivity index (χ2n) is 6.36. The fraction of sp³-hybridized carbons (Fsp3) is 0.611. The number of carbonyl (C=O) groups is 1. The first-order chi connectivity index (χ1) is 12.2. The van der Waals surface area contributed by atoms with Gasteiger partial charge in [-0.1, -0.05) is 0 Å². The Morgan fingerprint density at radius 2 is 2.00 bits per heavy atom. The van der Waals surface area contributed by atoms with Crippen molar-refractivity contribution < 1.29 is 24.1 Å². The lowest BCUT2D eigenvalue weighted by atomic mass is 10.1. The molecule has 3 rings (SSSR count). The van der Waals surface area contributed by atoms with Crippen molar-refractivity contribution >= 4 is 11.6 Å². The molecule has 138 valence electrons. The largest absolute Gasteiger partial charge is 0.495 e. The predicted molar refractivity (Wildman–Crippen MR) is 93.3 cm³/mol. The van der Waals surface area contributed by atoms with Gasteiger partial charge in [0, 0.05) is 44.3 Å². The maximum absolute atomic E-state index is 13.0. The SMILES string of the molecule is COc1ccc(C(=O)N2CCOC[C@@H](CO)C2)cc1N1CCOCC1. The van der Waals surface area contributed by atoms with Gasteiger partial charge in [0.25, 0.3) is 5.91 Å². The smallest absolute Gasteiger partial charge is 0.254 e. The maximum Gasteiger partial charge on any atom is 0.254 e. The van der Waals surface area contributed by atoms with Crippen LogP contribution in [-0.2, 0) is 9.47 Å². The third kappa shape index (κ3) is 4.23. The average molecular weight is 350 g/mol. The molecule has 0 spiro atoms. The molecule has 7 heteroatoms. The van der Waals surface area contributed by atoms with Gasteiger partial charge in [0.1, 0.15) is 5.75 Å². The van der Waals surface area contributed by atoms with Crippen LogP contribution >= 0.6 is 0 Å². The van der Waals surface area contributed by atoms with Gasteiger partial charge in [-0.25, -0.2) is 0 Å². The van der Waals surface area contributed by atoms with Crippen LogP contribution in [0.5, 0.6) is 5.75 Å². The summed E-state index contributed by atoms with van der Waals surface area (Å²) in [5, 5.41) is 9.42. The van der Waals surface area contributed by atoms with Gasteiger partial charge in [0.15, 0.2) is 0 Å². The molecular weight excluding hydrogens is 324 g/mol. The van der Waals surface area contributed by atoms with E-state index in [-0.39, 0.29) is 18.4 Å². The number of anilines is 1. The molecule has 2 heterocycles. The molecule has 25 heavy (non-hydrogen) atoms. The Bertz CT molecular complexity index is 589. The number of benzene rings is 1. The summed E-state index contributed by atoms with van der Waals surface area (Å²) in [4.78, 5) is 16.9.